The second kappa shape index (κ2) is 12.8. The summed E-state index contributed by atoms with van der Waals surface area (Å²) >= 11 is 12.3. The van der Waals surface area contributed by atoms with Gasteiger partial charge in [0.2, 0.25) is 0 Å². The van der Waals surface area contributed by atoms with Crippen LogP contribution in [0.2, 0.25) is 10.0 Å². The Bertz CT molecular complexity index is 1430. The van der Waals surface area contributed by atoms with Gasteiger partial charge in [0.05, 0.1) is 42.4 Å². The van der Waals surface area contributed by atoms with E-state index in [1.54, 1.807) is 13.8 Å². The van der Waals surface area contributed by atoms with E-state index in [1.165, 1.54) is 37.4 Å². The molecule has 2 aromatic carbocycles. The molecule has 0 amide bonds. The van der Waals surface area contributed by atoms with Crippen LogP contribution in [0, 0.1) is 28.4 Å². The largest absolute Gasteiger partial charge is 0.469 e. The fourth-order valence-corrected chi connectivity index (χ4v) is 6.77. The van der Waals surface area contributed by atoms with Crippen molar-refractivity contribution >= 4 is 35.0 Å². The van der Waals surface area contributed by atoms with Crippen LogP contribution in [0.1, 0.15) is 70.4 Å². The van der Waals surface area contributed by atoms with Gasteiger partial charge in [0.1, 0.15) is 22.8 Å². The van der Waals surface area contributed by atoms with Crippen LogP contribution >= 0.6 is 23.2 Å². The molecule has 2 heterocycles. The molecular formula is C32H36Cl2F2N2O5. The SMILES string of the molecule is COC(=O)C(C)(C)C[C@@H]1N[C@@H](C(=O)CCC[C@H]2COC(C)(C)O2)[C@H](c2cccc(Cl)c2F)[C@@]1(C#N)c1ccc(Cl)cc1F. The van der Waals surface area contributed by atoms with Crippen molar-refractivity contribution in [2.75, 3.05) is 13.7 Å². The monoisotopic (exact) mass is 636 g/mol. The van der Waals surface area contributed by atoms with E-state index in [0.29, 0.717) is 19.4 Å². The van der Waals surface area contributed by atoms with Crippen LogP contribution < -0.4 is 5.32 Å². The zero-order valence-corrected chi connectivity index (χ0v) is 26.3. The number of methoxy groups -OCH3 is 1. The quantitative estimate of drug-likeness (QED) is 0.292. The average molecular weight is 638 g/mol. The van der Waals surface area contributed by atoms with Gasteiger partial charge in [-0.05, 0) is 70.7 Å². The maximum atomic E-state index is 15.8. The number of benzene rings is 2. The summed E-state index contributed by atoms with van der Waals surface area (Å²) in [6.07, 6.45) is 0.857. The van der Waals surface area contributed by atoms with Crippen LogP contribution in [0.5, 0.6) is 0 Å². The lowest BCUT2D eigenvalue weighted by atomic mass is 9.62. The molecule has 2 aromatic rings. The van der Waals surface area contributed by atoms with E-state index in [1.807, 2.05) is 13.8 Å². The highest BCUT2D eigenvalue weighted by atomic mass is 35.5. The van der Waals surface area contributed by atoms with E-state index in [4.69, 9.17) is 37.4 Å². The summed E-state index contributed by atoms with van der Waals surface area (Å²) in [6, 6.07) is 8.41. The number of hydrogen-bond donors (Lipinski definition) is 1. The molecule has 0 aromatic heterocycles. The van der Waals surface area contributed by atoms with E-state index in [0.717, 1.165) is 6.07 Å². The van der Waals surface area contributed by atoms with Gasteiger partial charge in [0, 0.05) is 29.0 Å². The minimum Gasteiger partial charge on any atom is -0.469 e. The summed E-state index contributed by atoms with van der Waals surface area (Å²) < 4.78 is 48.1. The van der Waals surface area contributed by atoms with Gasteiger partial charge in [-0.15, -0.1) is 0 Å². The maximum absolute atomic E-state index is 15.8. The minimum atomic E-state index is -1.85. The third-order valence-electron chi connectivity index (χ3n) is 8.45. The number of ketones is 1. The number of nitrogens with one attached hydrogen (secondary N) is 1. The Labute approximate surface area is 260 Å². The number of nitrogens with zero attached hydrogens (tertiary/aromatic N) is 1. The van der Waals surface area contributed by atoms with Crippen molar-refractivity contribution in [2.24, 2.45) is 5.41 Å². The summed E-state index contributed by atoms with van der Waals surface area (Å²) in [5, 5.41) is 14.1. The number of rotatable bonds is 10. The third-order valence-corrected chi connectivity index (χ3v) is 8.98. The highest BCUT2D eigenvalue weighted by Crippen LogP contribution is 2.53. The van der Waals surface area contributed by atoms with Crippen LogP contribution in [0.15, 0.2) is 36.4 Å². The lowest BCUT2D eigenvalue weighted by molar-refractivity contribution is -0.151. The Balaban J connectivity index is 1.82. The van der Waals surface area contributed by atoms with Crippen LogP contribution in [0.25, 0.3) is 0 Å². The molecule has 43 heavy (non-hydrogen) atoms. The standard InChI is InChI=1S/C32H36Cl2F2N2O5/c1-30(2,29(40)41-5)15-25-32(17-37,21-13-12-18(33)14-23(21)35)26(20-9-7-10-22(34)27(20)36)28(38-25)24(39)11-6-8-19-16-42-31(3,4)43-19/h7,9-10,12-14,19,25-26,28,38H,6,8,11,15-16H2,1-5H3/t19-,25-,26-,28-,32-/m0/s1. The first-order valence-corrected chi connectivity index (χ1v) is 14.9. The van der Waals surface area contributed by atoms with Crippen molar-refractivity contribution in [3.05, 3.63) is 69.2 Å². The van der Waals surface area contributed by atoms with Crippen molar-refractivity contribution in [1.29, 1.82) is 5.26 Å². The Morgan fingerprint density at radius 1 is 1.21 bits per heavy atom. The molecule has 5 atom stereocenters. The van der Waals surface area contributed by atoms with Crippen molar-refractivity contribution in [3.8, 4) is 6.07 Å². The topological polar surface area (TPSA) is 97.7 Å². The molecule has 0 bridgehead atoms. The predicted octanol–water partition coefficient (Wildman–Crippen LogP) is 6.64. The smallest absolute Gasteiger partial charge is 0.311 e. The number of hydrogen-bond acceptors (Lipinski definition) is 7. The Hall–Kier alpha value is -2.61. The highest BCUT2D eigenvalue weighted by molar-refractivity contribution is 6.31. The molecule has 0 saturated carbocycles. The number of carbonyl (C=O) groups excluding carboxylic acids is 2. The van der Waals surface area contributed by atoms with Gasteiger partial charge in [0.15, 0.2) is 5.79 Å². The average Bonchev–Trinajstić information content (AvgIpc) is 3.45. The molecule has 4 rings (SSSR count). The minimum absolute atomic E-state index is 0.0121. The van der Waals surface area contributed by atoms with Gasteiger partial charge in [0.25, 0.3) is 0 Å². The van der Waals surface area contributed by atoms with E-state index in [9.17, 15) is 14.9 Å². The molecule has 0 radical (unpaired) electrons. The molecule has 232 valence electrons. The maximum Gasteiger partial charge on any atom is 0.311 e. The van der Waals surface area contributed by atoms with Gasteiger partial charge in [-0.3, -0.25) is 9.59 Å². The van der Waals surface area contributed by atoms with Gasteiger partial charge in [-0.1, -0.05) is 41.4 Å². The number of halogens is 4. The summed E-state index contributed by atoms with van der Waals surface area (Å²) in [4.78, 5) is 26.8. The molecule has 0 aliphatic carbocycles. The summed E-state index contributed by atoms with van der Waals surface area (Å²) in [7, 11) is 1.25. The van der Waals surface area contributed by atoms with Crippen molar-refractivity contribution in [3.63, 3.8) is 0 Å². The first-order valence-electron chi connectivity index (χ1n) is 14.2. The molecule has 0 unspecified atom stereocenters. The molecule has 2 fully saturated rings. The zero-order chi connectivity index (χ0) is 31.7. The van der Waals surface area contributed by atoms with Gasteiger partial charge < -0.3 is 19.5 Å². The first kappa shape index (κ1) is 33.3. The number of ether oxygens (including phenoxy) is 3. The van der Waals surface area contributed by atoms with E-state index in [-0.39, 0.29) is 45.9 Å². The second-order valence-electron chi connectivity index (χ2n) is 12.3. The fraction of sp³-hybridized carbons (Fsp3) is 0.531. The molecule has 2 aliphatic heterocycles. The molecule has 7 nitrogen and oxygen atoms in total. The van der Waals surface area contributed by atoms with Crippen molar-refractivity contribution in [2.45, 2.75) is 88.7 Å². The van der Waals surface area contributed by atoms with Crippen LogP contribution in [-0.2, 0) is 29.2 Å². The van der Waals surface area contributed by atoms with Gasteiger partial charge in [-0.25, -0.2) is 8.78 Å². The van der Waals surface area contributed by atoms with Gasteiger partial charge >= 0.3 is 5.97 Å². The number of esters is 1. The zero-order valence-electron chi connectivity index (χ0n) is 24.8. The number of nitriles is 1. The molecule has 2 saturated heterocycles. The molecular weight excluding hydrogens is 601 g/mol. The third kappa shape index (κ3) is 6.59. The number of Topliss-reactive ketones (excluding diaryl/α,β-unsaturated/α-hetero) is 1. The predicted molar refractivity (Wildman–Crippen MR) is 158 cm³/mol. The van der Waals surface area contributed by atoms with Crippen LogP contribution in [0.3, 0.4) is 0 Å². The fourth-order valence-electron chi connectivity index (χ4n) is 6.43. The Morgan fingerprint density at radius 3 is 2.53 bits per heavy atom. The van der Waals surface area contributed by atoms with Crippen molar-refractivity contribution < 1.29 is 32.6 Å². The summed E-state index contributed by atoms with van der Waals surface area (Å²) in [5.74, 6) is -4.36. The lowest BCUT2D eigenvalue weighted by Gasteiger charge is -2.37. The normalized spacial score (nSPS) is 26.7. The van der Waals surface area contributed by atoms with E-state index < -0.39 is 52.2 Å². The number of carbonyl (C=O) groups is 2. The van der Waals surface area contributed by atoms with E-state index in [2.05, 4.69) is 11.4 Å². The molecule has 11 heteroatoms. The second-order valence-corrected chi connectivity index (χ2v) is 13.2. The molecule has 0 spiro atoms. The first-order chi connectivity index (χ1) is 20.2. The van der Waals surface area contributed by atoms with Crippen LogP contribution in [-0.4, -0.2) is 49.4 Å². The Kier molecular flexibility index (Phi) is 9.90. The van der Waals surface area contributed by atoms with Gasteiger partial charge in [-0.2, -0.15) is 5.26 Å². The molecule has 1 N–H and O–H groups in total. The lowest BCUT2D eigenvalue weighted by Crippen LogP contribution is -2.46. The van der Waals surface area contributed by atoms with E-state index >= 15 is 8.78 Å². The Morgan fingerprint density at radius 2 is 1.93 bits per heavy atom. The highest BCUT2D eigenvalue weighted by Gasteiger charge is 2.61. The van der Waals surface area contributed by atoms with Crippen molar-refractivity contribution in [1.82, 2.24) is 5.32 Å². The summed E-state index contributed by atoms with van der Waals surface area (Å²) in [5.41, 5.74) is -3.09. The molecule has 2 aliphatic rings. The summed E-state index contributed by atoms with van der Waals surface area (Å²) in [6.45, 7) is 7.31. The van der Waals surface area contributed by atoms with Crippen LogP contribution in [0.4, 0.5) is 8.78 Å².